The number of hydrogen-bond acceptors (Lipinski definition) is 7. The average Bonchev–Trinajstić information content (AvgIpc) is 2.95. The van der Waals surface area contributed by atoms with Gasteiger partial charge < -0.3 is 24.5 Å². The zero-order valence-electron chi connectivity index (χ0n) is 12.7. The van der Waals surface area contributed by atoms with Crippen LogP contribution in [0.1, 0.15) is 21.8 Å². The summed E-state index contributed by atoms with van der Waals surface area (Å²) in [6, 6.07) is 6.12. The Kier molecular flexibility index (Phi) is 5.19. The Morgan fingerprint density at radius 2 is 2.04 bits per heavy atom. The van der Waals surface area contributed by atoms with Gasteiger partial charge in [-0.25, -0.2) is 4.79 Å². The lowest BCUT2D eigenvalue weighted by Crippen LogP contribution is -2.20. The van der Waals surface area contributed by atoms with Gasteiger partial charge in [0.1, 0.15) is 18.1 Å². The quantitative estimate of drug-likeness (QED) is 0.763. The van der Waals surface area contributed by atoms with E-state index in [4.69, 9.17) is 24.5 Å². The highest BCUT2D eigenvalue weighted by Gasteiger charge is 2.14. The van der Waals surface area contributed by atoms with Crippen molar-refractivity contribution in [1.82, 2.24) is 5.16 Å². The number of nitrogens with zero attached hydrogens (tertiary/aromatic N) is 1. The van der Waals surface area contributed by atoms with Crippen molar-refractivity contribution >= 4 is 11.9 Å². The predicted molar refractivity (Wildman–Crippen MR) is 78.0 cm³/mol. The minimum Gasteiger partial charge on any atom is -0.493 e. The number of rotatable bonds is 7. The molecule has 0 atom stereocenters. The first-order valence-corrected chi connectivity index (χ1v) is 6.68. The molecule has 1 heterocycles. The molecule has 2 rings (SSSR count). The van der Waals surface area contributed by atoms with Gasteiger partial charge in [0.25, 0.3) is 5.91 Å². The molecule has 1 amide bonds. The van der Waals surface area contributed by atoms with Crippen LogP contribution in [0.15, 0.2) is 28.8 Å². The largest absolute Gasteiger partial charge is 0.493 e. The van der Waals surface area contributed by atoms with Gasteiger partial charge in [-0.1, -0.05) is 5.16 Å². The molecule has 122 valence electrons. The van der Waals surface area contributed by atoms with Crippen molar-refractivity contribution in [3.8, 4) is 11.5 Å². The van der Waals surface area contributed by atoms with Crippen LogP contribution >= 0.6 is 0 Å². The fourth-order valence-corrected chi connectivity index (χ4v) is 1.77. The summed E-state index contributed by atoms with van der Waals surface area (Å²) in [6.45, 7) is 1.46. The number of esters is 1. The maximum absolute atomic E-state index is 12.0. The van der Waals surface area contributed by atoms with Gasteiger partial charge in [-0.3, -0.25) is 4.79 Å². The molecule has 8 heteroatoms. The van der Waals surface area contributed by atoms with E-state index >= 15 is 0 Å². The molecule has 0 radical (unpaired) electrons. The molecule has 1 aromatic heterocycles. The summed E-state index contributed by atoms with van der Waals surface area (Å²) in [5.41, 5.74) is 5.80. The molecule has 2 aromatic rings. The first-order valence-electron chi connectivity index (χ1n) is 6.68. The SMILES string of the molecule is COc1cc(C(=O)OCc2cc(C)on2)ccc1OCC(N)=O. The smallest absolute Gasteiger partial charge is 0.338 e. The van der Waals surface area contributed by atoms with E-state index in [0.29, 0.717) is 17.2 Å². The number of ether oxygens (including phenoxy) is 3. The van der Waals surface area contributed by atoms with Gasteiger partial charge in [-0.05, 0) is 25.1 Å². The summed E-state index contributed by atoms with van der Waals surface area (Å²) >= 11 is 0. The molecule has 0 fully saturated rings. The Morgan fingerprint density at radius 1 is 1.26 bits per heavy atom. The van der Waals surface area contributed by atoms with E-state index in [1.807, 2.05) is 0 Å². The van der Waals surface area contributed by atoms with Gasteiger partial charge in [0, 0.05) is 6.07 Å². The first-order chi connectivity index (χ1) is 11.0. The number of hydrogen-bond donors (Lipinski definition) is 1. The van der Waals surface area contributed by atoms with Gasteiger partial charge in [0.2, 0.25) is 0 Å². The van der Waals surface area contributed by atoms with Crippen molar-refractivity contribution in [1.29, 1.82) is 0 Å². The Labute approximate surface area is 132 Å². The summed E-state index contributed by atoms with van der Waals surface area (Å²) in [6.07, 6.45) is 0. The fourth-order valence-electron chi connectivity index (χ4n) is 1.77. The summed E-state index contributed by atoms with van der Waals surface area (Å²) < 4.78 is 20.3. The third kappa shape index (κ3) is 4.47. The van der Waals surface area contributed by atoms with Crippen LogP contribution < -0.4 is 15.2 Å². The molecule has 0 aliphatic carbocycles. The van der Waals surface area contributed by atoms with E-state index in [-0.39, 0.29) is 24.5 Å². The lowest BCUT2D eigenvalue weighted by Gasteiger charge is -2.10. The van der Waals surface area contributed by atoms with E-state index in [0.717, 1.165) is 0 Å². The summed E-state index contributed by atoms with van der Waals surface area (Å²) in [5.74, 6) is 0.0606. The minimum atomic E-state index is -0.613. The van der Waals surface area contributed by atoms with Crippen LogP contribution in [-0.2, 0) is 16.1 Å². The Morgan fingerprint density at radius 3 is 2.65 bits per heavy atom. The maximum atomic E-state index is 12.0. The number of primary amides is 1. The lowest BCUT2D eigenvalue weighted by molar-refractivity contribution is -0.119. The topological polar surface area (TPSA) is 114 Å². The monoisotopic (exact) mass is 320 g/mol. The predicted octanol–water partition coefficient (Wildman–Crippen LogP) is 1.21. The van der Waals surface area contributed by atoms with Crippen LogP contribution in [0.4, 0.5) is 0 Å². The average molecular weight is 320 g/mol. The highest BCUT2D eigenvalue weighted by molar-refractivity contribution is 5.90. The molecule has 0 bridgehead atoms. The Balaban J connectivity index is 2.03. The fraction of sp³-hybridized carbons (Fsp3) is 0.267. The number of nitrogens with two attached hydrogens (primary N) is 1. The normalized spacial score (nSPS) is 10.2. The third-order valence-electron chi connectivity index (χ3n) is 2.80. The van der Waals surface area contributed by atoms with Crippen LogP contribution in [0, 0.1) is 6.92 Å². The van der Waals surface area contributed by atoms with Crippen molar-refractivity contribution in [2.24, 2.45) is 5.73 Å². The summed E-state index contributed by atoms with van der Waals surface area (Å²) in [7, 11) is 1.42. The van der Waals surface area contributed by atoms with Crippen molar-refractivity contribution in [2.75, 3.05) is 13.7 Å². The maximum Gasteiger partial charge on any atom is 0.338 e. The van der Waals surface area contributed by atoms with Crippen LogP contribution in [0.5, 0.6) is 11.5 Å². The van der Waals surface area contributed by atoms with Crippen LogP contribution in [0.25, 0.3) is 0 Å². The van der Waals surface area contributed by atoms with Gasteiger partial charge >= 0.3 is 5.97 Å². The van der Waals surface area contributed by atoms with Crippen LogP contribution in [-0.4, -0.2) is 30.7 Å². The second kappa shape index (κ2) is 7.30. The Bertz CT molecular complexity index is 710. The molecular formula is C15H16N2O6. The van der Waals surface area contributed by atoms with Crippen molar-refractivity contribution < 1.29 is 28.3 Å². The van der Waals surface area contributed by atoms with E-state index in [2.05, 4.69) is 5.16 Å². The first kappa shape index (κ1) is 16.3. The van der Waals surface area contributed by atoms with Gasteiger partial charge in [0.05, 0.1) is 12.7 Å². The number of amides is 1. The van der Waals surface area contributed by atoms with Crippen molar-refractivity contribution in [2.45, 2.75) is 13.5 Å². The molecule has 0 aliphatic rings. The lowest BCUT2D eigenvalue weighted by atomic mass is 10.2. The van der Waals surface area contributed by atoms with Gasteiger partial charge in [-0.15, -0.1) is 0 Å². The van der Waals surface area contributed by atoms with E-state index < -0.39 is 11.9 Å². The number of carbonyl (C=O) groups is 2. The number of benzene rings is 1. The highest BCUT2D eigenvalue weighted by atomic mass is 16.5. The molecule has 0 saturated carbocycles. The molecule has 2 N–H and O–H groups in total. The number of methoxy groups -OCH3 is 1. The number of aromatic nitrogens is 1. The van der Waals surface area contributed by atoms with Gasteiger partial charge in [0.15, 0.2) is 18.1 Å². The zero-order chi connectivity index (χ0) is 16.8. The van der Waals surface area contributed by atoms with E-state index in [1.165, 1.54) is 25.3 Å². The molecule has 0 unspecified atom stereocenters. The zero-order valence-corrected chi connectivity index (χ0v) is 12.7. The van der Waals surface area contributed by atoms with Gasteiger partial charge in [-0.2, -0.15) is 0 Å². The highest BCUT2D eigenvalue weighted by Crippen LogP contribution is 2.28. The molecule has 0 saturated heterocycles. The van der Waals surface area contributed by atoms with Crippen molar-refractivity contribution in [3.63, 3.8) is 0 Å². The molecule has 23 heavy (non-hydrogen) atoms. The van der Waals surface area contributed by atoms with Crippen molar-refractivity contribution in [3.05, 3.63) is 41.3 Å². The summed E-state index contributed by atoms with van der Waals surface area (Å²) in [4.78, 5) is 22.8. The second-order valence-corrected chi connectivity index (χ2v) is 4.63. The molecule has 1 aromatic carbocycles. The molecule has 8 nitrogen and oxygen atoms in total. The number of carbonyl (C=O) groups excluding carboxylic acids is 2. The van der Waals surface area contributed by atoms with Crippen LogP contribution in [0.3, 0.4) is 0 Å². The summed E-state index contributed by atoms with van der Waals surface area (Å²) in [5, 5.41) is 3.73. The second-order valence-electron chi connectivity index (χ2n) is 4.63. The number of aryl methyl sites for hydroxylation is 1. The minimum absolute atomic E-state index is 0.00157. The third-order valence-corrected chi connectivity index (χ3v) is 2.80. The molecule has 0 spiro atoms. The standard InChI is InChI=1S/C15H16N2O6/c1-9-5-11(17-23-9)7-22-15(19)10-3-4-12(13(6-10)20-2)21-8-14(16)18/h3-6H,7-8H2,1-2H3,(H2,16,18). The molecule has 0 aliphatic heterocycles. The van der Waals surface area contributed by atoms with E-state index in [9.17, 15) is 9.59 Å². The van der Waals surface area contributed by atoms with E-state index in [1.54, 1.807) is 13.0 Å². The molecular weight excluding hydrogens is 304 g/mol. The van der Waals surface area contributed by atoms with Crippen LogP contribution in [0.2, 0.25) is 0 Å². The Hall–Kier alpha value is -3.03.